The molecule has 2 aromatic carbocycles. The number of nitrogens with one attached hydrogen (secondary N) is 2. The number of fused-ring (bicyclic) bond motifs is 1. The van der Waals surface area contributed by atoms with Crippen molar-refractivity contribution < 1.29 is 23.1 Å². The molecule has 4 aromatic rings. The minimum atomic E-state index is -4.31. The Balaban J connectivity index is 1.75. The van der Waals surface area contributed by atoms with Gasteiger partial charge in [0.25, 0.3) is 5.91 Å². The fourth-order valence-electron chi connectivity index (χ4n) is 3.96. The Kier molecular flexibility index (Phi) is 9.04. The third kappa shape index (κ3) is 7.03. The molecule has 206 valence electrons. The molecule has 0 radical (unpaired) electrons. The second kappa shape index (κ2) is 12.3. The summed E-state index contributed by atoms with van der Waals surface area (Å²) in [5.74, 6) is -0.158. The van der Waals surface area contributed by atoms with Crippen molar-refractivity contribution in [2.45, 2.75) is 49.4 Å². The molecule has 1 amide bonds. The van der Waals surface area contributed by atoms with Gasteiger partial charge in [-0.3, -0.25) is 4.79 Å². The van der Waals surface area contributed by atoms with Gasteiger partial charge in [-0.1, -0.05) is 36.4 Å². The van der Waals surface area contributed by atoms with E-state index in [-0.39, 0.29) is 19.1 Å². The number of anilines is 1. The highest BCUT2D eigenvalue weighted by atomic mass is 35.5. The van der Waals surface area contributed by atoms with E-state index in [0.29, 0.717) is 49.6 Å². The van der Waals surface area contributed by atoms with Gasteiger partial charge < -0.3 is 15.7 Å². The van der Waals surface area contributed by atoms with Crippen LogP contribution in [0.15, 0.2) is 58.6 Å². The molecule has 0 spiro atoms. The first-order chi connectivity index (χ1) is 18.6. The fraction of sp³-hybridized carbons (Fsp3) is 0.296. The van der Waals surface area contributed by atoms with Gasteiger partial charge in [0.2, 0.25) is 0 Å². The number of hydrogen-bond acceptors (Lipinski definition) is 6. The highest BCUT2D eigenvalue weighted by Crippen LogP contribution is 2.35. The number of amides is 1. The molecule has 0 aliphatic rings. The average Bonchev–Trinajstić information content (AvgIpc) is 3.31. The number of hydrogen-bond donors (Lipinski definition) is 3. The van der Waals surface area contributed by atoms with Crippen LogP contribution in [0, 0.1) is 6.92 Å². The van der Waals surface area contributed by atoms with Crippen molar-refractivity contribution in [3.8, 4) is 11.3 Å². The van der Waals surface area contributed by atoms with E-state index >= 15 is 0 Å². The van der Waals surface area contributed by atoms with Gasteiger partial charge in [0.1, 0.15) is 5.03 Å². The van der Waals surface area contributed by atoms with Crippen LogP contribution in [-0.2, 0) is 6.61 Å². The molecule has 0 atom stereocenters. The molecular formula is C27H27ClF3N5O2S. The third-order valence-electron chi connectivity index (χ3n) is 5.88. The maximum absolute atomic E-state index is 12.8. The van der Waals surface area contributed by atoms with Crippen LogP contribution in [0.2, 0.25) is 5.02 Å². The number of imidazole rings is 1. The van der Waals surface area contributed by atoms with Crippen LogP contribution in [-0.4, -0.2) is 44.9 Å². The number of aliphatic hydroxyl groups is 1. The molecule has 39 heavy (non-hydrogen) atoms. The molecule has 4 rings (SSSR count). The van der Waals surface area contributed by atoms with Gasteiger partial charge in [0.15, 0.2) is 5.65 Å². The Morgan fingerprint density at radius 2 is 1.95 bits per heavy atom. The second-order valence-electron chi connectivity index (χ2n) is 8.86. The molecule has 2 aromatic heterocycles. The molecule has 0 bridgehead atoms. The number of aryl methyl sites for hydroxylation is 1. The van der Waals surface area contributed by atoms with Crippen LogP contribution < -0.4 is 10.6 Å². The van der Waals surface area contributed by atoms with Crippen molar-refractivity contribution >= 4 is 40.6 Å². The van der Waals surface area contributed by atoms with Crippen molar-refractivity contribution in [2.75, 3.05) is 18.4 Å². The topological polar surface area (TPSA) is 91.5 Å². The van der Waals surface area contributed by atoms with E-state index in [0.717, 1.165) is 17.5 Å². The summed E-state index contributed by atoms with van der Waals surface area (Å²) in [6.07, 6.45) is -2.90. The van der Waals surface area contributed by atoms with Crippen LogP contribution in [0.3, 0.4) is 0 Å². The maximum atomic E-state index is 12.8. The van der Waals surface area contributed by atoms with Gasteiger partial charge in [0, 0.05) is 34.1 Å². The average molecular weight is 578 g/mol. The van der Waals surface area contributed by atoms with Crippen LogP contribution in [0.1, 0.15) is 41.3 Å². The first-order valence-electron chi connectivity index (χ1n) is 12.3. The lowest BCUT2D eigenvalue weighted by Gasteiger charge is -2.13. The van der Waals surface area contributed by atoms with E-state index < -0.39 is 12.6 Å². The van der Waals surface area contributed by atoms with E-state index in [9.17, 15) is 23.1 Å². The fourth-order valence-corrected chi connectivity index (χ4v) is 5.07. The molecule has 0 saturated carbocycles. The summed E-state index contributed by atoms with van der Waals surface area (Å²) in [5.41, 5.74) is 4.00. The number of carbonyl (C=O) groups is 1. The van der Waals surface area contributed by atoms with Crippen LogP contribution >= 0.6 is 23.4 Å². The summed E-state index contributed by atoms with van der Waals surface area (Å²) < 4.78 is 40.1. The van der Waals surface area contributed by atoms with Crippen LogP contribution in [0.25, 0.3) is 16.9 Å². The third-order valence-corrected chi connectivity index (χ3v) is 7.14. The largest absolute Gasteiger partial charge is 0.392 e. The van der Waals surface area contributed by atoms with Gasteiger partial charge in [-0.15, -0.1) is 0 Å². The van der Waals surface area contributed by atoms with E-state index in [2.05, 4.69) is 15.6 Å². The zero-order valence-electron chi connectivity index (χ0n) is 21.3. The van der Waals surface area contributed by atoms with E-state index in [4.69, 9.17) is 16.7 Å². The molecule has 0 aliphatic heterocycles. The van der Waals surface area contributed by atoms with Crippen molar-refractivity contribution in [1.29, 1.82) is 0 Å². The van der Waals surface area contributed by atoms with E-state index in [1.54, 1.807) is 47.1 Å². The van der Waals surface area contributed by atoms with Gasteiger partial charge in [-0.05, 0) is 60.9 Å². The summed E-state index contributed by atoms with van der Waals surface area (Å²) in [5, 5.41) is 21.2. The van der Waals surface area contributed by atoms with Crippen LogP contribution in [0.5, 0.6) is 0 Å². The monoisotopic (exact) mass is 577 g/mol. The Bertz CT molecular complexity index is 1490. The highest BCUT2D eigenvalue weighted by molar-refractivity contribution is 7.99. The van der Waals surface area contributed by atoms with E-state index in [1.165, 1.54) is 11.8 Å². The zero-order chi connectivity index (χ0) is 28.2. The standard InChI is InChI=1S/C27H27ClF3N5O2S/c1-3-9-33-26(38)20-6-4-17(11-16(20)2)22-14-34-25-21(32-10-8-27(29,30)31)13-24(35-36(22)25)39-23-7-5-19(28)12-18(23)15-37/h4-7,11-14,32,37H,3,8-10,15H2,1-2H3,(H,33,38). The smallest absolute Gasteiger partial charge is 0.390 e. The summed E-state index contributed by atoms with van der Waals surface area (Å²) in [6.45, 7) is 3.82. The van der Waals surface area contributed by atoms with Gasteiger partial charge in [0.05, 0.1) is 30.6 Å². The van der Waals surface area contributed by atoms with Gasteiger partial charge in [-0.2, -0.15) is 18.3 Å². The maximum Gasteiger partial charge on any atom is 0.390 e. The lowest BCUT2D eigenvalue weighted by Crippen LogP contribution is -2.24. The first kappa shape index (κ1) is 28.7. The van der Waals surface area contributed by atoms with Crippen LogP contribution in [0.4, 0.5) is 18.9 Å². The Morgan fingerprint density at radius 1 is 1.15 bits per heavy atom. The molecular weight excluding hydrogens is 551 g/mol. The Labute approximate surface area is 232 Å². The molecule has 0 aliphatic carbocycles. The number of rotatable bonds is 10. The number of aromatic nitrogens is 3. The molecule has 0 saturated heterocycles. The zero-order valence-corrected chi connectivity index (χ0v) is 22.8. The minimum absolute atomic E-state index is 0.158. The number of carbonyl (C=O) groups excluding carboxylic acids is 1. The summed E-state index contributed by atoms with van der Waals surface area (Å²) in [4.78, 5) is 17.6. The van der Waals surface area contributed by atoms with Gasteiger partial charge in [-0.25, -0.2) is 9.50 Å². The molecule has 0 unspecified atom stereocenters. The van der Waals surface area contributed by atoms with E-state index in [1.807, 2.05) is 19.9 Å². The van der Waals surface area contributed by atoms with Crippen molar-refractivity contribution in [3.05, 3.63) is 70.4 Å². The SMILES string of the molecule is CCCNC(=O)c1ccc(-c2cnc3c(NCCC(F)(F)F)cc(Sc4ccc(Cl)cc4CO)nn23)cc1C. The van der Waals surface area contributed by atoms with Crippen molar-refractivity contribution in [3.63, 3.8) is 0 Å². The molecule has 0 fully saturated rings. The number of aliphatic hydroxyl groups excluding tert-OH is 1. The quantitative estimate of drug-likeness (QED) is 0.199. The normalized spacial score (nSPS) is 11.7. The first-order valence-corrected chi connectivity index (χ1v) is 13.4. The molecule has 2 heterocycles. The minimum Gasteiger partial charge on any atom is -0.392 e. The summed E-state index contributed by atoms with van der Waals surface area (Å²) in [7, 11) is 0. The lowest BCUT2D eigenvalue weighted by atomic mass is 10.0. The number of alkyl halides is 3. The number of benzene rings is 2. The highest BCUT2D eigenvalue weighted by Gasteiger charge is 2.26. The number of halogens is 4. The van der Waals surface area contributed by atoms with Crippen molar-refractivity contribution in [2.24, 2.45) is 0 Å². The Morgan fingerprint density at radius 3 is 2.64 bits per heavy atom. The van der Waals surface area contributed by atoms with Crippen molar-refractivity contribution in [1.82, 2.24) is 19.9 Å². The lowest BCUT2D eigenvalue weighted by molar-refractivity contribution is -0.131. The Hall–Kier alpha value is -3.28. The predicted molar refractivity (Wildman–Crippen MR) is 146 cm³/mol. The predicted octanol–water partition coefficient (Wildman–Crippen LogP) is 6.51. The summed E-state index contributed by atoms with van der Waals surface area (Å²) in [6, 6.07) is 12.1. The number of nitrogens with zero attached hydrogens (tertiary/aromatic N) is 3. The molecule has 3 N–H and O–H groups in total. The summed E-state index contributed by atoms with van der Waals surface area (Å²) >= 11 is 7.31. The molecule has 12 heteroatoms. The van der Waals surface area contributed by atoms with Gasteiger partial charge >= 0.3 is 6.18 Å². The molecule has 7 nitrogen and oxygen atoms in total. The second-order valence-corrected chi connectivity index (χ2v) is 10.4.